The molecule has 0 bridgehead atoms. The number of hydrogen-bond donors (Lipinski definition) is 1. The van der Waals surface area contributed by atoms with Crippen molar-refractivity contribution < 1.29 is 0 Å². The second-order valence-corrected chi connectivity index (χ2v) is 15.4. The van der Waals surface area contributed by atoms with Crippen LogP contribution in [0.4, 0.5) is 0 Å². The van der Waals surface area contributed by atoms with Gasteiger partial charge in [-0.25, -0.2) is 4.99 Å². The van der Waals surface area contributed by atoms with Crippen LogP contribution in [0.3, 0.4) is 0 Å². The molecule has 0 aromatic heterocycles. The Morgan fingerprint density at radius 1 is 0.630 bits per heavy atom. The van der Waals surface area contributed by atoms with Gasteiger partial charge in [0.1, 0.15) is 5.84 Å². The molecular formula is C51H43N3. The smallest absolute Gasteiger partial charge is 0.158 e. The summed E-state index contributed by atoms with van der Waals surface area (Å²) < 4.78 is 0. The van der Waals surface area contributed by atoms with Gasteiger partial charge in [-0.15, -0.1) is 0 Å². The maximum absolute atomic E-state index is 6.81. The molecule has 2 N–H and O–H groups in total. The second kappa shape index (κ2) is 13.3. The van der Waals surface area contributed by atoms with Crippen LogP contribution in [-0.4, -0.2) is 11.7 Å². The van der Waals surface area contributed by atoms with Crippen LogP contribution < -0.4 is 5.73 Å². The van der Waals surface area contributed by atoms with E-state index in [1.165, 1.54) is 49.5 Å². The third kappa shape index (κ3) is 5.68. The molecule has 0 saturated heterocycles. The molecule has 7 aromatic carbocycles. The first kappa shape index (κ1) is 33.5. The van der Waals surface area contributed by atoms with E-state index in [0.717, 1.165) is 34.1 Å². The van der Waals surface area contributed by atoms with Crippen molar-refractivity contribution in [2.75, 3.05) is 0 Å². The lowest BCUT2D eigenvalue weighted by atomic mass is 9.72. The first-order chi connectivity index (χ1) is 26.3. The van der Waals surface area contributed by atoms with Crippen molar-refractivity contribution in [2.45, 2.75) is 44.6 Å². The lowest BCUT2D eigenvalue weighted by Gasteiger charge is -2.31. The zero-order valence-electron chi connectivity index (χ0n) is 31.1. The van der Waals surface area contributed by atoms with Gasteiger partial charge in [-0.3, -0.25) is 4.99 Å². The predicted molar refractivity (Wildman–Crippen MR) is 228 cm³/mol. The van der Waals surface area contributed by atoms with E-state index in [9.17, 15) is 0 Å². The number of nitrogens with zero attached hydrogens (tertiary/aromatic N) is 2. The van der Waals surface area contributed by atoms with E-state index in [1.807, 2.05) is 36.4 Å². The molecule has 0 spiro atoms. The second-order valence-electron chi connectivity index (χ2n) is 15.4. The highest BCUT2D eigenvalue weighted by molar-refractivity contribution is 6.25. The van der Waals surface area contributed by atoms with Crippen molar-refractivity contribution in [3.8, 4) is 11.1 Å². The maximum Gasteiger partial charge on any atom is 0.158 e. The zero-order chi connectivity index (χ0) is 36.9. The lowest BCUT2D eigenvalue weighted by Crippen LogP contribution is -2.22. The van der Waals surface area contributed by atoms with Gasteiger partial charge >= 0.3 is 0 Å². The fraction of sp³-hybridized carbons (Fsp3) is 0.137. The number of nitrogens with two attached hydrogens (primary N) is 1. The Kier molecular flexibility index (Phi) is 8.23. The van der Waals surface area contributed by atoms with Crippen LogP contribution in [0.2, 0.25) is 0 Å². The average Bonchev–Trinajstić information content (AvgIpc) is 3.45. The van der Waals surface area contributed by atoms with Gasteiger partial charge in [-0.1, -0.05) is 191 Å². The summed E-state index contributed by atoms with van der Waals surface area (Å²) in [5.74, 6) is 1.06. The van der Waals surface area contributed by atoms with E-state index < -0.39 is 0 Å². The van der Waals surface area contributed by atoms with Crippen LogP contribution in [0.15, 0.2) is 180 Å². The number of rotatable bonds is 6. The van der Waals surface area contributed by atoms with Gasteiger partial charge in [0.05, 0.1) is 6.54 Å². The number of aliphatic imine (C=N–C) groups is 2. The van der Waals surface area contributed by atoms with Crippen molar-refractivity contribution in [2.24, 2.45) is 15.7 Å². The van der Waals surface area contributed by atoms with Crippen LogP contribution in [0, 0.1) is 0 Å². The first-order valence-electron chi connectivity index (χ1n) is 18.9. The van der Waals surface area contributed by atoms with Crippen molar-refractivity contribution in [3.63, 3.8) is 0 Å². The predicted octanol–water partition coefficient (Wildman–Crippen LogP) is 12.0. The van der Waals surface area contributed by atoms with Gasteiger partial charge in [0, 0.05) is 27.5 Å². The van der Waals surface area contributed by atoms with Crippen molar-refractivity contribution >= 4 is 38.8 Å². The molecule has 54 heavy (non-hydrogen) atoms. The number of hydrogen-bond acceptors (Lipinski definition) is 1. The Balaban J connectivity index is 1.21. The van der Waals surface area contributed by atoms with Crippen LogP contribution in [-0.2, 0) is 17.4 Å². The Hall–Kier alpha value is -6.32. The fourth-order valence-corrected chi connectivity index (χ4v) is 8.57. The molecule has 0 radical (unpaired) electrons. The Labute approximate surface area is 318 Å². The van der Waals surface area contributed by atoms with Gasteiger partial charge in [-0.05, 0) is 66.9 Å². The standard InChI is InChI=1S/C51H43N3/c1-50(2)44-25-15-14-22-40(44)41-27-26-37(32-45(41)50)51(3)30-28-35(29-31-51)46-42-23-12-10-20-38(42)39-21-11-13-24-43(39)47(46)49(53-33-34-16-6-4-7-17-34)54-48(52)36-18-8-5-9-19-36/h4-30,32H,31,33H2,1-3H3,(H2,52,53,54). The summed E-state index contributed by atoms with van der Waals surface area (Å²) in [5.41, 5.74) is 18.7. The van der Waals surface area contributed by atoms with Gasteiger partial charge < -0.3 is 5.73 Å². The van der Waals surface area contributed by atoms with Gasteiger partial charge in [0.25, 0.3) is 0 Å². The van der Waals surface area contributed by atoms with Gasteiger partial charge in [0.15, 0.2) is 5.84 Å². The molecule has 262 valence electrons. The SMILES string of the molecule is CC1(c2ccc3c(c2)C(C)(C)c2ccccc2-3)C=CC(c2c(C(N=C(N)c3ccccc3)=NCc3ccccc3)c3ccccc3c3ccccc23)=CC1. The molecule has 0 fully saturated rings. The quantitative estimate of drug-likeness (QED) is 0.105. The van der Waals surface area contributed by atoms with E-state index in [1.54, 1.807) is 0 Å². The summed E-state index contributed by atoms with van der Waals surface area (Å²) in [6.45, 7) is 7.56. The molecule has 3 nitrogen and oxygen atoms in total. The fourth-order valence-electron chi connectivity index (χ4n) is 8.57. The summed E-state index contributed by atoms with van der Waals surface area (Å²) in [6.07, 6.45) is 8.02. The molecule has 2 aliphatic carbocycles. The number of benzene rings is 7. The first-order valence-corrected chi connectivity index (χ1v) is 18.9. The molecule has 3 heteroatoms. The molecule has 2 aliphatic rings. The Bertz CT molecular complexity index is 2700. The van der Waals surface area contributed by atoms with E-state index in [0.29, 0.717) is 18.2 Å². The van der Waals surface area contributed by atoms with Crippen molar-refractivity contribution in [1.29, 1.82) is 0 Å². The molecule has 9 rings (SSSR count). The summed E-state index contributed by atoms with van der Waals surface area (Å²) in [6, 6.07) is 53.7. The molecule has 0 heterocycles. The maximum atomic E-state index is 6.81. The van der Waals surface area contributed by atoms with Crippen molar-refractivity contribution in [1.82, 2.24) is 0 Å². The topological polar surface area (TPSA) is 50.7 Å². The highest BCUT2D eigenvalue weighted by Gasteiger charge is 2.37. The van der Waals surface area contributed by atoms with E-state index >= 15 is 0 Å². The van der Waals surface area contributed by atoms with Crippen LogP contribution in [0.25, 0.3) is 38.2 Å². The molecular weight excluding hydrogens is 655 g/mol. The van der Waals surface area contributed by atoms with E-state index in [2.05, 4.69) is 154 Å². The average molecular weight is 698 g/mol. The highest BCUT2D eigenvalue weighted by atomic mass is 15.0. The summed E-state index contributed by atoms with van der Waals surface area (Å²) in [4.78, 5) is 10.5. The number of amidine groups is 2. The Morgan fingerprint density at radius 3 is 1.96 bits per heavy atom. The van der Waals surface area contributed by atoms with Crippen LogP contribution >= 0.6 is 0 Å². The van der Waals surface area contributed by atoms with Gasteiger partial charge in [0.2, 0.25) is 0 Å². The summed E-state index contributed by atoms with van der Waals surface area (Å²) in [5, 5.41) is 4.64. The summed E-state index contributed by atoms with van der Waals surface area (Å²) >= 11 is 0. The Morgan fingerprint density at radius 2 is 1.24 bits per heavy atom. The normalized spacial score (nSPS) is 17.7. The zero-order valence-corrected chi connectivity index (χ0v) is 31.1. The van der Waals surface area contributed by atoms with E-state index in [4.69, 9.17) is 15.7 Å². The van der Waals surface area contributed by atoms with Crippen LogP contribution in [0.5, 0.6) is 0 Å². The number of allylic oxidation sites excluding steroid dienone is 4. The van der Waals surface area contributed by atoms with E-state index in [-0.39, 0.29) is 10.8 Å². The number of fused-ring (bicyclic) bond motifs is 6. The molecule has 1 atom stereocenters. The molecule has 0 amide bonds. The van der Waals surface area contributed by atoms with Crippen molar-refractivity contribution in [3.05, 3.63) is 209 Å². The third-order valence-electron chi connectivity index (χ3n) is 11.6. The monoisotopic (exact) mass is 697 g/mol. The minimum Gasteiger partial charge on any atom is -0.383 e. The molecule has 1 unspecified atom stereocenters. The molecule has 0 saturated carbocycles. The lowest BCUT2D eigenvalue weighted by molar-refractivity contribution is 0.595. The van der Waals surface area contributed by atoms with Crippen LogP contribution in [0.1, 0.15) is 66.1 Å². The highest BCUT2D eigenvalue weighted by Crippen LogP contribution is 2.50. The molecule has 0 aliphatic heterocycles. The summed E-state index contributed by atoms with van der Waals surface area (Å²) in [7, 11) is 0. The van der Waals surface area contributed by atoms with Gasteiger partial charge in [-0.2, -0.15) is 0 Å². The largest absolute Gasteiger partial charge is 0.383 e. The minimum atomic E-state index is -0.170. The molecule has 7 aromatic rings. The minimum absolute atomic E-state index is 0.0474. The third-order valence-corrected chi connectivity index (χ3v) is 11.6.